The molecule has 1 amide bonds. The lowest BCUT2D eigenvalue weighted by atomic mass is 10.1. The molecule has 1 unspecified atom stereocenters. The Kier molecular flexibility index (Phi) is 7.27. The van der Waals surface area contributed by atoms with Gasteiger partial charge < -0.3 is 20.7 Å². The molecule has 3 N–H and O–H groups in total. The predicted octanol–water partition coefficient (Wildman–Crippen LogP) is 3.53. The lowest BCUT2D eigenvalue weighted by molar-refractivity contribution is 0.0279. The number of aryl methyl sites for hydroxylation is 2. The minimum atomic E-state index is -0.493. The Labute approximate surface area is 151 Å². The number of rotatable bonds is 5. The molecule has 0 aliphatic rings. The number of carbonyl (C=O) groups is 1. The van der Waals surface area contributed by atoms with Crippen molar-refractivity contribution in [2.45, 2.75) is 47.1 Å². The van der Waals surface area contributed by atoms with Crippen molar-refractivity contribution in [2.24, 2.45) is 16.6 Å². The van der Waals surface area contributed by atoms with Crippen LogP contribution in [0.4, 0.5) is 10.5 Å². The fraction of sp³-hybridized carbons (Fsp3) is 0.579. The van der Waals surface area contributed by atoms with E-state index in [-0.39, 0.29) is 12.0 Å². The number of hydrogen-bond donors (Lipinski definition) is 2. The van der Waals surface area contributed by atoms with Crippen molar-refractivity contribution in [1.29, 1.82) is 0 Å². The maximum atomic E-state index is 12.0. The molecule has 0 bridgehead atoms. The second kappa shape index (κ2) is 8.74. The van der Waals surface area contributed by atoms with Gasteiger partial charge in [0.1, 0.15) is 5.60 Å². The second-order valence-corrected chi connectivity index (χ2v) is 7.62. The first-order valence-electron chi connectivity index (χ1n) is 8.56. The summed E-state index contributed by atoms with van der Waals surface area (Å²) in [6.45, 7) is 12.8. The summed E-state index contributed by atoms with van der Waals surface area (Å²) in [7, 11) is 1.73. The lowest BCUT2D eigenvalue weighted by Crippen LogP contribution is -2.37. The largest absolute Gasteiger partial charge is 0.444 e. The van der Waals surface area contributed by atoms with Crippen LogP contribution in [0.15, 0.2) is 23.2 Å². The number of nitrogens with one attached hydrogen (secondary N) is 1. The Morgan fingerprint density at radius 3 is 2.52 bits per heavy atom. The minimum Gasteiger partial charge on any atom is -0.444 e. The van der Waals surface area contributed by atoms with Gasteiger partial charge in [0.25, 0.3) is 0 Å². The molecule has 0 radical (unpaired) electrons. The topological polar surface area (TPSA) is 80.0 Å². The van der Waals surface area contributed by atoms with Gasteiger partial charge in [0, 0.05) is 25.8 Å². The summed E-state index contributed by atoms with van der Waals surface area (Å²) >= 11 is 0. The van der Waals surface area contributed by atoms with Crippen molar-refractivity contribution in [3.63, 3.8) is 0 Å². The Hall–Kier alpha value is -2.24. The van der Waals surface area contributed by atoms with Crippen LogP contribution >= 0.6 is 0 Å². The molecule has 0 saturated heterocycles. The molecule has 0 aliphatic heterocycles. The van der Waals surface area contributed by atoms with Gasteiger partial charge in [-0.3, -0.25) is 4.99 Å². The summed E-state index contributed by atoms with van der Waals surface area (Å²) in [5.74, 6) is 0.535. The number of aliphatic imine (C=N–C) groups is 1. The van der Waals surface area contributed by atoms with Crippen LogP contribution in [0.1, 0.15) is 38.8 Å². The molecule has 0 saturated carbocycles. The van der Waals surface area contributed by atoms with E-state index in [9.17, 15) is 4.79 Å². The number of guanidine groups is 1. The Bertz CT molecular complexity index is 620. The van der Waals surface area contributed by atoms with E-state index in [4.69, 9.17) is 10.5 Å². The van der Waals surface area contributed by atoms with Crippen LogP contribution in [-0.4, -0.2) is 42.7 Å². The summed E-state index contributed by atoms with van der Waals surface area (Å²) in [5, 5.41) is 3.09. The van der Waals surface area contributed by atoms with E-state index in [1.807, 2.05) is 45.9 Å². The van der Waals surface area contributed by atoms with Crippen LogP contribution in [0, 0.1) is 19.8 Å². The van der Waals surface area contributed by atoms with E-state index < -0.39 is 5.60 Å². The molecule has 1 atom stereocenters. The third-order valence-corrected chi connectivity index (χ3v) is 3.64. The Morgan fingerprint density at radius 2 is 1.96 bits per heavy atom. The minimum absolute atomic E-state index is 0.164. The third-order valence-electron chi connectivity index (χ3n) is 3.64. The van der Waals surface area contributed by atoms with Crippen LogP contribution in [-0.2, 0) is 4.74 Å². The SMILES string of the molecule is Cc1ccc(NC(N)=NCC(C)CN(C)C(=O)OC(C)(C)C)cc1C. The molecule has 1 aromatic carbocycles. The van der Waals surface area contributed by atoms with Crippen molar-refractivity contribution in [3.8, 4) is 0 Å². The number of hydrogen-bond acceptors (Lipinski definition) is 3. The molecule has 1 rings (SSSR count). The normalized spacial score (nSPS) is 13.3. The predicted molar refractivity (Wildman–Crippen MR) is 104 cm³/mol. The number of amides is 1. The summed E-state index contributed by atoms with van der Waals surface area (Å²) in [6.07, 6.45) is -0.329. The molecule has 140 valence electrons. The summed E-state index contributed by atoms with van der Waals surface area (Å²) in [5.41, 5.74) is 8.81. The van der Waals surface area contributed by atoms with Crippen LogP contribution in [0.5, 0.6) is 0 Å². The molecular weight excluding hydrogens is 316 g/mol. The molecule has 0 aliphatic carbocycles. The van der Waals surface area contributed by atoms with Gasteiger partial charge in [0.2, 0.25) is 0 Å². The molecule has 6 heteroatoms. The lowest BCUT2D eigenvalue weighted by Gasteiger charge is -2.26. The maximum absolute atomic E-state index is 12.0. The number of nitrogens with two attached hydrogens (primary N) is 1. The van der Waals surface area contributed by atoms with E-state index >= 15 is 0 Å². The first kappa shape index (κ1) is 20.8. The van der Waals surface area contributed by atoms with Crippen molar-refractivity contribution in [3.05, 3.63) is 29.3 Å². The highest BCUT2D eigenvalue weighted by atomic mass is 16.6. The number of anilines is 1. The van der Waals surface area contributed by atoms with Gasteiger partial charge in [0.15, 0.2) is 5.96 Å². The van der Waals surface area contributed by atoms with Crippen LogP contribution in [0.2, 0.25) is 0 Å². The van der Waals surface area contributed by atoms with E-state index in [0.29, 0.717) is 19.0 Å². The number of ether oxygens (including phenoxy) is 1. The quantitative estimate of drug-likeness (QED) is 0.630. The summed E-state index contributed by atoms with van der Waals surface area (Å²) in [6, 6.07) is 6.06. The highest BCUT2D eigenvalue weighted by Gasteiger charge is 2.20. The van der Waals surface area contributed by atoms with Crippen molar-refractivity contribution in [1.82, 2.24) is 4.90 Å². The number of nitrogens with zero attached hydrogens (tertiary/aromatic N) is 2. The van der Waals surface area contributed by atoms with Crippen molar-refractivity contribution in [2.75, 3.05) is 25.5 Å². The highest BCUT2D eigenvalue weighted by molar-refractivity contribution is 5.92. The van der Waals surface area contributed by atoms with Crippen molar-refractivity contribution >= 4 is 17.7 Å². The fourth-order valence-electron chi connectivity index (χ4n) is 2.20. The van der Waals surface area contributed by atoms with Gasteiger partial charge in [-0.25, -0.2) is 4.79 Å². The standard InChI is InChI=1S/C19H32N4O2/c1-13(12-23(7)18(24)25-19(4,5)6)11-21-17(20)22-16-9-8-14(2)15(3)10-16/h8-10,13H,11-12H2,1-7H3,(H3,20,21,22). The molecule has 0 aromatic heterocycles. The monoisotopic (exact) mass is 348 g/mol. The first-order chi connectivity index (χ1) is 11.5. The molecule has 0 spiro atoms. The second-order valence-electron chi connectivity index (χ2n) is 7.62. The van der Waals surface area contributed by atoms with E-state index in [1.54, 1.807) is 11.9 Å². The third kappa shape index (κ3) is 7.92. The van der Waals surface area contributed by atoms with Crippen LogP contribution < -0.4 is 11.1 Å². The van der Waals surface area contributed by atoms with Crippen LogP contribution in [0.3, 0.4) is 0 Å². The first-order valence-corrected chi connectivity index (χ1v) is 8.56. The molecule has 0 fully saturated rings. The number of carbonyl (C=O) groups excluding carboxylic acids is 1. The van der Waals surface area contributed by atoms with Gasteiger partial charge in [-0.15, -0.1) is 0 Å². The summed E-state index contributed by atoms with van der Waals surface area (Å²) < 4.78 is 5.34. The average Bonchev–Trinajstić information content (AvgIpc) is 2.47. The van der Waals surface area contributed by atoms with Gasteiger partial charge in [-0.1, -0.05) is 13.0 Å². The fourth-order valence-corrected chi connectivity index (χ4v) is 2.20. The Morgan fingerprint density at radius 1 is 1.32 bits per heavy atom. The maximum Gasteiger partial charge on any atom is 0.410 e. The zero-order valence-electron chi connectivity index (χ0n) is 16.5. The molecule has 25 heavy (non-hydrogen) atoms. The van der Waals surface area contributed by atoms with Gasteiger partial charge in [-0.2, -0.15) is 0 Å². The Balaban J connectivity index is 2.50. The van der Waals surface area contributed by atoms with Gasteiger partial charge >= 0.3 is 6.09 Å². The van der Waals surface area contributed by atoms with Crippen LogP contribution in [0.25, 0.3) is 0 Å². The summed E-state index contributed by atoms with van der Waals surface area (Å²) in [4.78, 5) is 17.9. The zero-order valence-corrected chi connectivity index (χ0v) is 16.5. The van der Waals surface area contributed by atoms with Gasteiger partial charge in [-0.05, 0) is 63.8 Å². The molecule has 1 aromatic rings. The van der Waals surface area contributed by atoms with E-state index in [1.165, 1.54) is 11.1 Å². The van der Waals surface area contributed by atoms with Gasteiger partial charge in [0.05, 0.1) is 0 Å². The van der Waals surface area contributed by atoms with E-state index in [0.717, 1.165) is 5.69 Å². The molecular formula is C19H32N4O2. The zero-order chi connectivity index (χ0) is 19.2. The average molecular weight is 348 g/mol. The van der Waals surface area contributed by atoms with Crippen molar-refractivity contribution < 1.29 is 9.53 Å². The number of benzene rings is 1. The molecule has 6 nitrogen and oxygen atoms in total. The molecule has 0 heterocycles. The smallest absolute Gasteiger partial charge is 0.410 e. The van der Waals surface area contributed by atoms with E-state index in [2.05, 4.69) is 24.2 Å². The highest BCUT2D eigenvalue weighted by Crippen LogP contribution is 2.14.